The molecule has 0 fully saturated rings. The van der Waals surface area contributed by atoms with Crippen LogP contribution in [0.2, 0.25) is 0 Å². The molecule has 0 radical (unpaired) electrons. The highest BCUT2D eigenvalue weighted by atomic mass is 79.9. The first-order chi connectivity index (χ1) is 7.40. The molecule has 0 aromatic heterocycles. The van der Waals surface area contributed by atoms with Crippen LogP contribution in [0, 0.1) is 5.41 Å². The molecule has 1 aliphatic carbocycles. The maximum atomic E-state index is 10.8. The van der Waals surface area contributed by atoms with Crippen molar-refractivity contribution in [1.29, 1.82) is 0 Å². The van der Waals surface area contributed by atoms with Crippen LogP contribution in [0.25, 0.3) is 0 Å². The van der Waals surface area contributed by atoms with Gasteiger partial charge in [-0.3, -0.25) is 0 Å². The van der Waals surface area contributed by atoms with Crippen molar-refractivity contribution in [2.24, 2.45) is 5.41 Å². The first-order valence-electron chi connectivity index (χ1n) is 5.18. The Morgan fingerprint density at radius 3 is 2.88 bits per heavy atom. The summed E-state index contributed by atoms with van der Waals surface area (Å²) in [5, 5.41) is 11.5. The maximum Gasteiger partial charge on any atom is 0.405 e. The number of fused-ring (bicyclic) bond motifs is 1. The Hall–Kier alpha value is -1.03. The average Bonchev–Trinajstić information content (AvgIpc) is 2.36. The summed E-state index contributed by atoms with van der Waals surface area (Å²) in [6.45, 7) is 4.17. The Morgan fingerprint density at radius 1 is 1.56 bits per heavy atom. The van der Waals surface area contributed by atoms with Gasteiger partial charge in [0.2, 0.25) is 0 Å². The van der Waals surface area contributed by atoms with Crippen LogP contribution < -0.4 is 5.32 Å². The molecule has 0 unspecified atom stereocenters. The third kappa shape index (κ3) is 1.94. The lowest BCUT2D eigenvalue weighted by atomic mass is 9.85. The van der Waals surface area contributed by atoms with Gasteiger partial charge in [-0.15, -0.1) is 0 Å². The molecule has 0 saturated heterocycles. The van der Waals surface area contributed by atoms with Gasteiger partial charge in [-0.05, 0) is 35.1 Å². The molecule has 1 aromatic rings. The van der Waals surface area contributed by atoms with Crippen LogP contribution in [0.5, 0.6) is 0 Å². The minimum absolute atomic E-state index is 0.0679. The zero-order chi connectivity index (χ0) is 11.9. The van der Waals surface area contributed by atoms with E-state index in [0.717, 1.165) is 16.5 Å². The van der Waals surface area contributed by atoms with E-state index in [2.05, 4.69) is 41.2 Å². The fourth-order valence-electron chi connectivity index (χ4n) is 2.42. The third-order valence-corrected chi connectivity index (χ3v) is 3.60. The Labute approximate surface area is 103 Å². The number of hydrogen-bond acceptors (Lipinski definition) is 1. The summed E-state index contributed by atoms with van der Waals surface area (Å²) in [5.74, 6) is 0. The first-order valence-corrected chi connectivity index (χ1v) is 5.97. The molecule has 3 nitrogen and oxygen atoms in total. The molecule has 16 heavy (non-hydrogen) atoms. The number of amides is 1. The highest BCUT2D eigenvalue weighted by Gasteiger charge is 2.39. The van der Waals surface area contributed by atoms with Gasteiger partial charge in [-0.1, -0.05) is 35.8 Å². The van der Waals surface area contributed by atoms with Gasteiger partial charge in [0.1, 0.15) is 0 Å². The van der Waals surface area contributed by atoms with Crippen molar-refractivity contribution in [2.75, 3.05) is 0 Å². The van der Waals surface area contributed by atoms with E-state index in [4.69, 9.17) is 5.11 Å². The van der Waals surface area contributed by atoms with Gasteiger partial charge >= 0.3 is 6.09 Å². The second-order valence-electron chi connectivity index (χ2n) is 4.89. The van der Waals surface area contributed by atoms with Gasteiger partial charge in [0.15, 0.2) is 0 Å². The summed E-state index contributed by atoms with van der Waals surface area (Å²) in [5.41, 5.74) is 2.25. The first kappa shape index (κ1) is 11.5. The summed E-state index contributed by atoms with van der Waals surface area (Å²) in [6.07, 6.45) is -0.0685. The van der Waals surface area contributed by atoms with E-state index in [0.29, 0.717) is 0 Å². The van der Waals surface area contributed by atoms with E-state index in [-0.39, 0.29) is 11.5 Å². The average molecular weight is 284 g/mol. The molecule has 1 amide bonds. The van der Waals surface area contributed by atoms with E-state index in [9.17, 15) is 4.79 Å². The van der Waals surface area contributed by atoms with E-state index in [1.165, 1.54) is 5.56 Å². The Kier molecular flexibility index (Phi) is 2.70. The van der Waals surface area contributed by atoms with Crippen molar-refractivity contribution in [2.45, 2.75) is 26.3 Å². The van der Waals surface area contributed by atoms with Gasteiger partial charge in [0.25, 0.3) is 0 Å². The molecule has 4 heteroatoms. The fraction of sp³-hybridized carbons (Fsp3) is 0.417. The van der Waals surface area contributed by atoms with Crippen LogP contribution >= 0.6 is 15.9 Å². The van der Waals surface area contributed by atoms with Crippen molar-refractivity contribution in [3.05, 3.63) is 33.8 Å². The summed E-state index contributed by atoms with van der Waals surface area (Å²) in [4.78, 5) is 10.8. The number of carbonyl (C=O) groups is 1. The largest absolute Gasteiger partial charge is 0.465 e. The number of halogens is 1. The Balaban J connectivity index is 2.41. The lowest BCUT2D eigenvalue weighted by Crippen LogP contribution is -2.34. The minimum atomic E-state index is -0.964. The van der Waals surface area contributed by atoms with E-state index in [1.54, 1.807) is 0 Å². The van der Waals surface area contributed by atoms with Crippen LogP contribution in [0.3, 0.4) is 0 Å². The smallest absolute Gasteiger partial charge is 0.405 e. The number of rotatable bonds is 1. The van der Waals surface area contributed by atoms with E-state index >= 15 is 0 Å². The molecular formula is C12H14BrNO2. The standard InChI is InChI=1S/C12H14BrNO2/c1-12(2)6-7-5-8(13)3-4-9(7)10(12)14-11(15)16/h3-5,10,14H,6H2,1-2H3,(H,15,16)/t10-/m0/s1. The van der Waals surface area contributed by atoms with Crippen LogP contribution in [0.4, 0.5) is 4.79 Å². The van der Waals surface area contributed by atoms with Crippen molar-refractivity contribution in [3.63, 3.8) is 0 Å². The lowest BCUT2D eigenvalue weighted by Gasteiger charge is -2.27. The maximum absolute atomic E-state index is 10.8. The molecule has 0 aliphatic heterocycles. The van der Waals surface area contributed by atoms with Crippen LogP contribution in [0.1, 0.15) is 31.0 Å². The number of benzene rings is 1. The molecule has 0 bridgehead atoms. The summed E-state index contributed by atoms with van der Waals surface area (Å²) < 4.78 is 1.04. The number of hydrogen-bond donors (Lipinski definition) is 2. The molecule has 1 aromatic carbocycles. The molecule has 0 saturated carbocycles. The fourth-order valence-corrected chi connectivity index (χ4v) is 2.83. The zero-order valence-corrected chi connectivity index (χ0v) is 10.8. The quantitative estimate of drug-likeness (QED) is 0.831. The summed E-state index contributed by atoms with van der Waals surface area (Å²) in [7, 11) is 0. The van der Waals surface area contributed by atoms with E-state index < -0.39 is 6.09 Å². The molecule has 0 heterocycles. The van der Waals surface area contributed by atoms with Crippen LogP contribution in [-0.4, -0.2) is 11.2 Å². The SMILES string of the molecule is CC1(C)Cc2cc(Br)ccc2[C@@H]1NC(=O)O. The molecule has 86 valence electrons. The van der Waals surface area contributed by atoms with Gasteiger partial charge in [-0.25, -0.2) is 4.79 Å². The highest BCUT2D eigenvalue weighted by molar-refractivity contribution is 9.10. The highest BCUT2D eigenvalue weighted by Crippen LogP contribution is 2.45. The van der Waals surface area contributed by atoms with Crippen molar-refractivity contribution in [1.82, 2.24) is 5.32 Å². The molecule has 2 N–H and O–H groups in total. The van der Waals surface area contributed by atoms with Crippen molar-refractivity contribution in [3.8, 4) is 0 Å². The van der Waals surface area contributed by atoms with Gasteiger partial charge < -0.3 is 10.4 Å². The summed E-state index contributed by atoms with van der Waals surface area (Å²) in [6, 6.07) is 5.90. The van der Waals surface area contributed by atoms with E-state index in [1.807, 2.05) is 12.1 Å². The predicted octanol–water partition coefficient (Wildman–Crippen LogP) is 3.34. The van der Waals surface area contributed by atoms with Crippen LogP contribution in [-0.2, 0) is 6.42 Å². The van der Waals surface area contributed by atoms with Gasteiger partial charge in [0.05, 0.1) is 6.04 Å². The topological polar surface area (TPSA) is 49.3 Å². The number of carboxylic acid groups (broad SMARTS) is 1. The molecule has 1 atom stereocenters. The van der Waals surface area contributed by atoms with Gasteiger partial charge in [0, 0.05) is 4.47 Å². The normalized spacial score (nSPS) is 21.6. The van der Waals surface area contributed by atoms with Crippen LogP contribution in [0.15, 0.2) is 22.7 Å². The third-order valence-electron chi connectivity index (χ3n) is 3.11. The Morgan fingerprint density at radius 2 is 2.25 bits per heavy atom. The lowest BCUT2D eigenvalue weighted by molar-refractivity contribution is 0.175. The molecule has 1 aliphatic rings. The minimum Gasteiger partial charge on any atom is -0.465 e. The van der Waals surface area contributed by atoms with Crippen molar-refractivity contribution < 1.29 is 9.90 Å². The second-order valence-corrected chi connectivity index (χ2v) is 5.81. The van der Waals surface area contributed by atoms with Crippen molar-refractivity contribution >= 4 is 22.0 Å². The number of nitrogens with one attached hydrogen (secondary N) is 1. The molecule has 0 spiro atoms. The molecular weight excluding hydrogens is 270 g/mol. The van der Waals surface area contributed by atoms with Gasteiger partial charge in [-0.2, -0.15) is 0 Å². The molecule has 2 rings (SSSR count). The zero-order valence-electron chi connectivity index (χ0n) is 9.25. The summed E-state index contributed by atoms with van der Waals surface area (Å²) >= 11 is 3.44. The monoisotopic (exact) mass is 283 g/mol. The second kappa shape index (κ2) is 3.77. The Bertz CT molecular complexity index is 443. The predicted molar refractivity (Wildman–Crippen MR) is 65.5 cm³/mol.